The van der Waals surface area contributed by atoms with Gasteiger partial charge in [0.1, 0.15) is 0 Å². The van der Waals surface area contributed by atoms with Crippen LogP contribution in [-0.2, 0) is 0 Å². The van der Waals surface area contributed by atoms with Gasteiger partial charge in [-0.3, -0.25) is 4.79 Å². The van der Waals surface area contributed by atoms with Crippen LogP contribution in [0, 0.1) is 0 Å². The van der Waals surface area contributed by atoms with E-state index in [1.54, 1.807) is 0 Å². The van der Waals surface area contributed by atoms with Gasteiger partial charge in [0.25, 0.3) is 0 Å². The molecule has 0 fully saturated rings. The summed E-state index contributed by atoms with van der Waals surface area (Å²) in [7, 11) is 0. The fourth-order valence-corrected chi connectivity index (χ4v) is 1.50. The van der Waals surface area contributed by atoms with Crippen molar-refractivity contribution < 1.29 is 64.3 Å². The van der Waals surface area contributed by atoms with Crippen molar-refractivity contribution in [2.24, 2.45) is 0 Å². The zero-order valence-corrected chi connectivity index (χ0v) is 11.6. The van der Waals surface area contributed by atoms with E-state index >= 15 is 0 Å². The number of H-pyrrole nitrogens is 1. The topological polar surface area (TPSA) is 32.9 Å². The second kappa shape index (κ2) is 5.05. The van der Waals surface area contributed by atoms with E-state index in [2.05, 4.69) is 4.98 Å². The number of pyridine rings is 1. The van der Waals surface area contributed by atoms with Gasteiger partial charge in [0.2, 0.25) is 5.56 Å². The Morgan fingerprint density at radius 1 is 1.06 bits per heavy atom. The molecule has 0 amide bonds. The molecule has 0 saturated carbocycles. The predicted octanol–water partition coefficient (Wildman–Crippen LogP) is -1.41. The fourth-order valence-electron chi connectivity index (χ4n) is 1.50. The van der Waals surface area contributed by atoms with Crippen molar-refractivity contribution in [3.63, 3.8) is 0 Å². The third-order valence-electron chi connectivity index (χ3n) is 2.15. The first kappa shape index (κ1) is 14.0. The van der Waals surface area contributed by atoms with Gasteiger partial charge in [-0.2, -0.15) is 0 Å². The maximum absolute atomic E-state index is 12.6. The number of hydrogen-bond acceptors (Lipinski definition) is 1. The second-order valence-electron chi connectivity index (χ2n) is 3.21. The number of rotatable bonds is 1. The van der Waals surface area contributed by atoms with Crippen molar-refractivity contribution in [3.05, 3.63) is 40.7 Å². The molecule has 0 bridgehead atoms. The maximum Gasteiger partial charge on any atom is 1.00 e. The van der Waals surface area contributed by atoms with Crippen LogP contribution in [0.3, 0.4) is 0 Å². The van der Waals surface area contributed by atoms with E-state index in [0.29, 0.717) is 0 Å². The number of nitrogens with one attached hydrogen (secondary N) is 1. The molecule has 2 rings (SSSR count). The number of halogens is 3. The fraction of sp³-hybridized carbons (Fsp3) is 0. The first-order chi connectivity index (χ1) is 6.98. The minimum absolute atomic E-state index is 0. The monoisotopic (exact) mass is 251 g/mol. The molecule has 0 aliphatic heterocycles. The molecule has 0 aliphatic carbocycles. The molecule has 0 unspecified atom stereocenters. The Morgan fingerprint density at radius 3 is 2.38 bits per heavy atom. The van der Waals surface area contributed by atoms with Gasteiger partial charge in [-0.1, -0.05) is 23.7 Å². The van der Waals surface area contributed by atoms with E-state index in [-0.39, 0.29) is 62.3 Å². The molecule has 2 nitrogen and oxygen atoms in total. The van der Waals surface area contributed by atoms with E-state index in [1.165, 1.54) is 18.2 Å². The summed E-state index contributed by atoms with van der Waals surface area (Å²) in [4.78, 5) is 13.3. The van der Waals surface area contributed by atoms with E-state index in [1.807, 2.05) is 0 Å². The molecule has 0 atom stereocenters. The van der Waals surface area contributed by atoms with Crippen molar-refractivity contribution in [2.75, 3.05) is 0 Å². The van der Waals surface area contributed by atoms with Crippen LogP contribution in [0.5, 0.6) is 0 Å². The number of benzene rings is 1. The maximum atomic E-state index is 12.6. The van der Waals surface area contributed by atoms with Crippen LogP contribution in [-0.4, -0.2) is 12.0 Å². The van der Waals surface area contributed by atoms with Crippen LogP contribution >= 0.6 is 0 Å². The van der Waals surface area contributed by atoms with Crippen molar-refractivity contribution in [2.45, 2.75) is 0 Å². The largest absolute Gasteiger partial charge is 1.00 e. The average Bonchev–Trinajstić information content (AvgIpc) is 2.15. The van der Waals surface area contributed by atoms with Gasteiger partial charge in [-0.15, -0.1) is 0 Å². The quantitative estimate of drug-likeness (QED) is 0.620. The Kier molecular flexibility index (Phi) is 4.42. The molecule has 0 saturated heterocycles. The van der Waals surface area contributed by atoms with Crippen LogP contribution in [0.25, 0.3) is 10.9 Å². The molecular formula is C9H6BF3KNO. The molecular weight excluding hydrogens is 245 g/mol. The van der Waals surface area contributed by atoms with E-state index in [0.717, 1.165) is 12.1 Å². The third kappa shape index (κ3) is 2.78. The molecule has 0 radical (unpaired) electrons. The van der Waals surface area contributed by atoms with Crippen molar-refractivity contribution in [3.8, 4) is 0 Å². The summed E-state index contributed by atoms with van der Waals surface area (Å²) >= 11 is 0. The van der Waals surface area contributed by atoms with Crippen LogP contribution in [0.4, 0.5) is 12.9 Å². The molecule has 1 aromatic heterocycles. The Bertz CT molecular complexity index is 566. The Balaban J connectivity index is 0.00000128. The first-order valence-corrected chi connectivity index (χ1v) is 4.30. The van der Waals surface area contributed by atoms with Crippen LogP contribution in [0.15, 0.2) is 35.1 Å². The Morgan fingerprint density at radius 2 is 1.75 bits per heavy atom. The van der Waals surface area contributed by atoms with Crippen molar-refractivity contribution in [1.82, 2.24) is 4.98 Å². The van der Waals surface area contributed by atoms with Gasteiger partial charge >= 0.3 is 58.4 Å². The van der Waals surface area contributed by atoms with Gasteiger partial charge in [-0.05, 0) is 11.5 Å². The Hall–Kier alpha value is -0.0787. The smallest absolute Gasteiger partial charge is 0.445 e. The summed E-state index contributed by atoms with van der Waals surface area (Å²) in [6.07, 6.45) is 0. The molecule has 1 N–H and O–H groups in total. The summed E-state index contributed by atoms with van der Waals surface area (Å²) in [6.45, 7) is -5.05. The summed E-state index contributed by atoms with van der Waals surface area (Å²) < 4.78 is 37.8. The predicted molar refractivity (Wildman–Crippen MR) is 53.3 cm³/mol. The normalized spacial score (nSPS) is 11.2. The van der Waals surface area contributed by atoms with E-state index in [4.69, 9.17) is 0 Å². The summed E-state index contributed by atoms with van der Waals surface area (Å²) in [5, 5.41) is 0.0320. The molecule has 0 aliphatic rings. The van der Waals surface area contributed by atoms with Gasteiger partial charge in [0, 0.05) is 11.6 Å². The van der Waals surface area contributed by atoms with Gasteiger partial charge in [0.05, 0.1) is 0 Å². The molecule has 7 heteroatoms. The summed E-state index contributed by atoms with van der Waals surface area (Å²) in [5.74, 6) is 0. The number of aromatic nitrogens is 1. The van der Waals surface area contributed by atoms with Crippen LogP contribution in [0.2, 0.25) is 0 Å². The van der Waals surface area contributed by atoms with Gasteiger partial charge < -0.3 is 17.9 Å². The zero-order chi connectivity index (χ0) is 11.1. The third-order valence-corrected chi connectivity index (χ3v) is 2.15. The van der Waals surface area contributed by atoms with Gasteiger partial charge in [0.15, 0.2) is 0 Å². The molecule has 1 aromatic carbocycles. The van der Waals surface area contributed by atoms with Crippen LogP contribution in [0.1, 0.15) is 0 Å². The molecule has 78 valence electrons. The summed E-state index contributed by atoms with van der Waals surface area (Å²) in [5.41, 5.74) is -0.878. The number of fused-ring (bicyclic) bond motifs is 1. The van der Waals surface area contributed by atoms with E-state index in [9.17, 15) is 17.7 Å². The molecule has 1 heterocycles. The SMILES string of the molecule is O=c1ccc2c([B-](F)(F)F)cccc2[nH]1.[K+]. The average molecular weight is 251 g/mol. The first-order valence-electron chi connectivity index (χ1n) is 4.30. The molecule has 2 aromatic rings. The van der Waals surface area contributed by atoms with Crippen molar-refractivity contribution in [1.29, 1.82) is 0 Å². The summed E-state index contributed by atoms with van der Waals surface area (Å²) in [6, 6.07) is 6.03. The minimum Gasteiger partial charge on any atom is -0.445 e. The minimum atomic E-state index is -5.05. The van der Waals surface area contributed by atoms with E-state index < -0.39 is 18.0 Å². The standard InChI is InChI=1S/C9H6BF3NO.K/c11-10(12,13)7-2-1-3-8-6(7)4-5-9(15)14-8;/h1-5H,(H,14,15);/q-1;+1. The second-order valence-corrected chi connectivity index (χ2v) is 3.21. The van der Waals surface area contributed by atoms with Gasteiger partial charge in [-0.25, -0.2) is 0 Å². The van der Waals surface area contributed by atoms with Crippen LogP contribution < -0.4 is 62.4 Å². The molecule has 16 heavy (non-hydrogen) atoms. The zero-order valence-electron chi connectivity index (χ0n) is 8.51. The molecule has 0 spiro atoms. The number of hydrogen-bond donors (Lipinski definition) is 1. The Labute approximate surface area is 132 Å². The van der Waals surface area contributed by atoms with Crippen molar-refractivity contribution >= 4 is 23.3 Å². The number of aromatic amines is 1.